The minimum atomic E-state index is -3.79. The van der Waals surface area contributed by atoms with Crippen LogP contribution < -0.4 is 19.7 Å². The fourth-order valence-corrected chi connectivity index (χ4v) is 7.55. The van der Waals surface area contributed by atoms with Crippen molar-refractivity contribution in [1.82, 2.24) is 39.9 Å². The normalized spacial score (nSPS) is 17.2. The van der Waals surface area contributed by atoms with Gasteiger partial charge in [0.1, 0.15) is 46.9 Å². The molecule has 17 nitrogen and oxygen atoms in total. The van der Waals surface area contributed by atoms with Crippen LogP contribution >= 0.6 is 0 Å². The van der Waals surface area contributed by atoms with Gasteiger partial charge in [-0.15, -0.1) is 0 Å². The number of aromatic amines is 1. The molecule has 0 saturated carbocycles. The van der Waals surface area contributed by atoms with E-state index in [2.05, 4.69) is 45.2 Å². The highest BCUT2D eigenvalue weighted by Gasteiger charge is 2.35. The Morgan fingerprint density at radius 2 is 1.71 bits per heavy atom. The van der Waals surface area contributed by atoms with E-state index in [0.29, 0.717) is 67.0 Å². The van der Waals surface area contributed by atoms with Crippen molar-refractivity contribution in [2.24, 2.45) is 0 Å². The van der Waals surface area contributed by atoms with Gasteiger partial charge < -0.3 is 34.1 Å². The van der Waals surface area contributed by atoms with E-state index < -0.39 is 20.2 Å². The highest BCUT2D eigenvalue weighted by atomic mass is 32.2. The van der Waals surface area contributed by atoms with E-state index in [1.807, 2.05) is 34.6 Å². The van der Waals surface area contributed by atoms with Crippen LogP contribution in [-0.2, 0) is 19.3 Å². The number of aromatic nitrogens is 6. The molecule has 304 valence electrons. The minimum Gasteiger partial charge on any atom is -0.492 e. The summed E-state index contributed by atoms with van der Waals surface area (Å²) in [6, 6.07) is 3.30. The van der Waals surface area contributed by atoms with Crippen molar-refractivity contribution in [1.29, 1.82) is 0 Å². The van der Waals surface area contributed by atoms with Gasteiger partial charge in [-0.05, 0) is 67.9 Å². The largest absolute Gasteiger partial charge is 0.492 e. The molecule has 1 amide bonds. The van der Waals surface area contributed by atoms with E-state index in [9.17, 15) is 13.2 Å². The number of carbonyl (C=O) groups excluding carboxylic acids is 1. The topological polar surface area (TPSA) is 190 Å². The molecule has 18 heteroatoms. The van der Waals surface area contributed by atoms with Crippen LogP contribution in [0.3, 0.4) is 0 Å². The lowest BCUT2D eigenvalue weighted by Gasteiger charge is -2.34. The van der Waals surface area contributed by atoms with Gasteiger partial charge in [-0.25, -0.2) is 33.1 Å². The standard InChI is InChI=1S/C38H54N10O7S/c1-25-26(2)44-45-33(25)43-34-29-18-32(56(50,51)38(6,7)8)31(19-30(29)41-24-42-34)53-16-9-10-46-11-13-47(14-12-46)35-39-20-27(21-40-35)54-23-28-22-48(15-17-52-28)36(49)55-37(3,4)5/h18-21,24,28H,9-17,22-23H2,1-8H3,(H2,41,42,43,44,45)/t28-/m1/s1. The van der Waals surface area contributed by atoms with E-state index in [1.165, 1.54) is 6.33 Å². The minimum absolute atomic E-state index is 0.102. The third-order valence-corrected chi connectivity index (χ3v) is 12.2. The fourth-order valence-electron chi connectivity index (χ4n) is 6.24. The molecule has 1 aromatic carbocycles. The third-order valence-electron chi connectivity index (χ3n) is 9.67. The van der Waals surface area contributed by atoms with E-state index in [4.69, 9.17) is 18.9 Å². The Labute approximate surface area is 328 Å². The summed E-state index contributed by atoms with van der Waals surface area (Å²) in [5.74, 6) is 2.57. The molecule has 5 heterocycles. The van der Waals surface area contributed by atoms with Gasteiger partial charge in [-0.3, -0.25) is 10.00 Å². The average Bonchev–Trinajstić information content (AvgIpc) is 3.47. The number of piperazine rings is 1. The predicted molar refractivity (Wildman–Crippen MR) is 212 cm³/mol. The van der Waals surface area contributed by atoms with Gasteiger partial charge in [0.2, 0.25) is 5.95 Å². The number of rotatable bonds is 12. The van der Waals surface area contributed by atoms with Gasteiger partial charge in [0.25, 0.3) is 0 Å². The summed E-state index contributed by atoms with van der Waals surface area (Å²) in [5, 5.41) is 11.0. The van der Waals surface area contributed by atoms with E-state index in [-0.39, 0.29) is 29.4 Å². The van der Waals surface area contributed by atoms with Crippen LogP contribution in [0, 0.1) is 13.8 Å². The second kappa shape index (κ2) is 16.7. The zero-order valence-corrected chi connectivity index (χ0v) is 34.4. The van der Waals surface area contributed by atoms with Crippen molar-refractivity contribution in [3.8, 4) is 11.5 Å². The Hall–Kier alpha value is -4.81. The number of ether oxygens (including phenoxy) is 4. The zero-order valence-electron chi connectivity index (χ0n) is 33.6. The first-order valence-corrected chi connectivity index (χ1v) is 20.4. The van der Waals surface area contributed by atoms with Gasteiger partial charge in [-0.1, -0.05) is 0 Å². The highest BCUT2D eigenvalue weighted by Crippen LogP contribution is 2.37. The van der Waals surface area contributed by atoms with Gasteiger partial charge >= 0.3 is 6.09 Å². The molecule has 3 aromatic heterocycles. The van der Waals surface area contributed by atoms with Gasteiger partial charge in [0, 0.05) is 56.3 Å². The Morgan fingerprint density at radius 1 is 0.982 bits per heavy atom. The predicted octanol–water partition coefficient (Wildman–Crippen LogP) is 4.68. The molecule has 0 aliphatic carbocycles. The highest BCUT2D eigenvalue weighted by molar-refractivity contribution is 7.92. The molecule has 0 spiro atoms. The van der Waals surface area contributed by atoms with Gasteiger partial charge in [0.05, 0.1) is 48.1 Å². The van der Waals surface area contributed by atoms with Crippen LogP contribution in [0.15, 0.2) is 35.7 Å². The molecule has 2 N–H and O–H groups in total. The number of H-pyrrole nitrogens is 1. The molecule has 0 unspecified atom stereocenters. The molecule has 2 aliphatic heterocycles. The smallest absolute Gasteiger partial charge is 0.410 e. The molecule has 6 rings (SSSR count). The molecule has 2 fully saturated rings. The molecule has 0 radical (unpaired) electrons. The van der Waals surface area contributed by atoms with E-state index in [1.54, 1.807) is 50.2 Å². The lowest BCUT2D eigenvalue weighted by molar-refractivity contribution is -0.0557. The molecule has 2 saturated heterocycles. The summed E-state index contributed by atoms with van der Waals surface area (Å²) in [6.07, 6.45) is 4.82. The van der Waals surface area contributed by atoms with Crippen molar-refractivity contribution < 1.29 is 32.2 Å². The summed E-state index contributed by atoms with van der Waals surface area (Å²) in [6.45, 7) is 20.2. The van der Waals surface area contributed by atoms with Crippen LogP contribution in [0.2, 0.25) is 0 Å². The van der Waals surface area contributed by atoms with Crippen molar-refractivity contribution >= 4 is 44.4 Å². The molecule has 4 aromatic rings. The maximum atomic E-state index is 13.8. The fraction of sp³-hybridized carbons (Fsp3) is 0.579. The molecular formula is C38H54N10O7S. The number of nitrogens with one attached hydrogen (secondary N) is 2. The zero-order chi connectivity index (χ0) is 40.3. The number of carbonyl (C=O) groups is 1. The third kappa shape index (κ3) is 9.76. The maximum absolute atomic E-state index is 13.8. The van der Waals surface area contributed by atoms with Crippen LogP contribution in [0.5, 0.6) is 11.5 Å². The Morgan fingerprint density at radius 3 is 2.38 bits per heavy atom. The van der Waals surface area contributed by atoms with E-state index in [0.717, 1.165) is 44.0 Å². The number of hydrogen-bond donors (Lipinski definition) is 2. The summed E-state index contributed by atoms with van der Waals surface area (Å²) in [7, 11) is -3.79. The number of nitrogens with zero attached hydrogens (tertiary/aromatic N) is 8. The number of anilines is 3. The second-order valence-corrected chi connectivity index (χ2v) is 18.7. The Bertz CT molecular complexity index is 2090. The Kier molecular flexibility index (Phi) is 12.2. The number of aryl methyl sites for hydroxylation is 1. The SMILES string of the molecule is Cc1n[nH]c(Nc2ncnc3cc(OCCCN4CCN(c5ncc(OC[C@H]6CN(C(=O)OC(C)(C)C)CCO6)cn5)CC4)c(S(=O)(=O)C(C)(C)C)cc23)c1C. The van der Waals surface area contributed by atoms with Crippen LogP contribution in [-0.4, -0.2) is 137 Å². The first-order chi connectivity index (χ1) is 26.5. The summed E-state index contributed by atoms with van der Waals surface area (Å²) in [4.78, 5) is 36.6. The van der Waals surface area contributed by atoms with Crippen LogP contribution in [0.25, 0.3) is 10.9 Å². The summed E-state index contributed by atoms with van der Waals surface area (Å²) >= 11 is 0. The van der Waals surface area contributed by atoms with Crippen LogP contribution in [0.1, 0.15) is 59.2 Å². The number of amides is 1. The van der Waals surface area contributed by atoms with Crippen molar-refractivity contribution in [3.63, 3.8) is 0 Å². The first kappa shape index (κ1) is 40.8. The van der Waals surface area contributed by atoms with E-state index >= 15 is 0 Å². The summed E-state index contributed by atoms with van der Waals surface area (Å²) < 4.78 is 50.0. The number of benzene rings is 1. The molecule has 0 bridgehead atoms. The van der Waals surface area contributed by atoms with Gasteiger partial charge in [-0.2, -0.15) is 5.10 Å². The first-order valence-electron chi connectivity index (χ1n) is 18.9. The van der Waals surface area contributed by atoms with Crippen molar-refractivity contribution in [2.45, 2.75) is 83.2 Å². The molecule has 2 aliphatic rings. The summed E-state index contributed by atoms with van der Waals surface area (Å²) in [5.41, 5.74) is 1.78. The Balaban J connectivity index is 0.996. The quantitative estimate of drug-likeness (QED) is 0.188. The van der Waals surface area contributed by atoms with Crippen LogP contribution in [0.4, 0.5) is 22.4 Å². The lowest BCUT2D eigenvalue weighted by atomic mass is 10.2. The molecular weight excluding hydrogens is 741 g/mol. The number of morpholine rings is 1. The number of fused-ring (bicyclic) bond motifs is 1. The van der Waals surface area contributed by atoms with Crippen molar-refractivity contribution in [2.75, 3.05) is 75.9 Å². The molecule has 56 heavy (non-hydrogen) atoms. The maximum Gasteiger partial charge on any atom is 0.410 e. The lowest BCUT2D eigenvalue weighted by Crippen LogP contribution is -2.49. The average molecular weight is 795 g/mol. The second-order valence-electron chi connectivity index (χ2n) is 16.1. The number of hydrogen-bond acceptors (Lipinski definition) is 15. The van der Waals surface area contributed by atoms with Gasteiger partial charge in [0.15, 0.2) is 15.6 Å². The number of sulfone groups is 1. The van der Waals surface area contributed by atoms with Crippen molar-refractivity contribution in [3.05, 3.63) is 42.1 Å². The monoisotopic (exact) mass is 794 g/mol. The molecule has 1 atom stereocenters.